The van der Waals surface area contributed by atoms with Gasteiger partial charge in [0.2, 0.25) is 5.91 Å². The Morgan fingerprint density at radius 3 is 2.53 bits per heavy atom. The van der Waals surface area contributed by atoms with Crippen molar-refractivity contribution in [3.8, 4) is 0 Å². The van der Waals surface area contributed by atoms with E-state index in [0.29, 0.717) is 32.0 Å². The molecule has 4 heteroatoms. The van der Waals surface area contributed by atoms with Crippen LogP contribution in [0.1, 0.15) is 39.0 Å². The van der Waals surface area contributed by atoms with Gasteiger partial charge >= 0.3 is 0 Å². The van der Waals surface area contributed by atoms with Crippen molar-refractivity contribution in [2.24, 2.45) is 17.4 Å². The molecule has 1 unspecified atom stereocenters. The summed E-state index contributed by atoms with van der Waals surface area (Å²) in [4.78, 5) is 11.4. The molecular weight excluding hydrogens is 190 g/mol. The van der Waals surface area contributed by atoms with E-state index >= 15 is 0 Å². The predicted octanol–water partition coefficient (Wildman–Crippen LogP) is 0.607. The van der Waals surface area contributed by atoms with Gasteiger partial charge in [0.25, 0.3) is 0 Å². The summed E-state index contributed by atoms with van der Waals surface area (Å²) in [5.74, 6) is 0.731. The molecule has 0 bridgehead atoms. The van der Waals surface area contributed by atoms with Crippen molar-refractivity contribution >= 4 is 5.91 Å². The largest absolute Gasteiger partial charge is 0.356 e. The van der Waals surface area contributed by atoms with Crippen LogP contribution in [0, 0.1) is 5.92 Å². The minimum atomic E-state index is 0.138. The summed E-state index contributed by atoms with van der Waals surface area (Å²) < 4.78 is 0. The average molecular weight is 215 g/mol. The molecule has 4 nitrogen and oxygen atoms in total. The number of amides is 1. The highest BCUT2D eigenvalue weighted by Gasteiger charge is 2.08. The van der Waals surface area contributed by atoms with Crippen LogP contribution in [0.3, 0.4) is 0 Å². The van der Waals surface area contributed by atoms with Gasteiger partial charge in [-0.2, -0.15) is 0 Å². The van der Waals surface area contributed by atoms with Crippen molar-refractivity contribution in [3.63, 3.8) is 0 Å². The van der Waals surface area contributed by atoms with Crippen molar-refractivity contribution in [1.82, 2.24) is 5.32 Å². The monoisotopic (exact) mass is 215 g/mol. The van der Waals surface area contributed by atoms with Gasteiger partial charge in [-0.1, -0.05) is 13.3 Å². The number of nitrogens with two attached hydrogens (primary N) is 2. The molecule has 0 aliphatic rings. The zero-order valence-corrected chi connectivity index (χ0v) is 9.80. The molecule has 5 N–H and O–H groups in total. The number of hydrogen-bond donors (Lipinski definition) is 3. The molecule has 0 radical (unpaired) electrons. The molecule has 0 fully saturated rings. The molecule has 0 saturated carbocycles. The van der Waals surface area contributed by atoms with Crippen LogP contribution in [0.4, 0.5) is 0 Å². The molecule has 0 spiro atoms. The normalized spacial score (nSPS) is 12.5. The van der Waals surface area contributed by atoms with Gasteiger partial charge in [0.1, 0.15) is 0 Å². The Labute approximate surface area is 92.8 Å². The average Bonchev–Trinajstić information content (AvgIpc) is 2.24. The van der Waals surface area contributed by atoms with E-state index in [4.69, 9.17) is 11.5 Å². The van der Waals surface area contributed by atoms with Gasteiger partial charge in [-0.3, -0.25) is 4.79 Å². The molecule has 0 rings (SSSR count). The lowest BCUT2D eigenvalue weighted by Gasteiger charge is -2.12. The molecule has 0 aromatic rings. The van der Waals surface area contributed by atoms with Crippen molar-refractivity contribution in [2.45, 2.75) is 39.0 Å². The quantitative estimate of drug-likeness (QED) is 0.493. The van der Waals surface area contributed by atoms with Gasteiger partial charge in [0, 0.05) is 13.0 Å². The molecule has 1 amide bonds. The SMILES string of the molecule is CCC(CCN)CCC(=O)NCCCN. The topological polar surface area (TPSA) is 81.1 Å². The van der Waals surface area contributed by atoms with Crippen molar-refractivity contribution in [2.75, 3.05) is 19.6 Å². The Morgan fingerprint density at radius 2 is 2.00 bits per heavy atom. The first kappa shape index (κ1) is 14.4. The number of carbonyl (C=O) groups excluding carboxylic acids is 1. The number of hydrogen-bond acceptors (Lipinski definition) is 3. The molecule has 0 aliphatic carbocycles. The van der Waals surface area contributed by atoms with Gasteiger partial charge in [0.05, 0.1) is 0 Å². The van der Waals surface area contributed by atoms with Gasteiger partial charge < -0.3 is 16.8 Å². The smallest absolute Gasteiger partial charge is 0.220 e. The van der Waals surface area contributed by atoms with E-state index in [-0.39, 0.29) is 5.91 Å². The van der Waals surface area contributed by atoms with E-state index in [1.807, 2.05) is 0 Å². The second-order valence-corrected chi connectivity index (χ2v) is 3.88. The number of rotatable bonds is 9. The summed E-state index contributed by atoms with van der Waals surface area (Å²) in [7, 11) is 0. The Balaban J connectivity index is 3.50. The summed E-state index contributed by atoms with van der Waals surface area (Å²) in [6.07, 6.45) is 4.54. The van der Waals surface area contributed by atoms with Crippen molar-refractivity contribution in [1.29, 1.82) is 0 Å². The van der Waals surface area contributed by atoms with E-state index in [9.17, 15) is 4.79 Å². The van der Waals surface area contributed by atoms with Crippen molar-refractivity contribution in [3.05, 3.63) is 0 Å². The first-order chi connectivity index (χ1) is 7.24. The molecule has 0 aliphatic heterocycles. The van der Waals surface area contributed by atoms with Crippen LogP contribution in [0.15, 0.2) is 0 Å². The van der Waals surface area contributed by atoms with Crippen LogP contribution in [0.25, 0.3) is 0 Å². The third kappa shape index (κ3) is 8.39. The lowest BCUT2D eigenvalue weighted by molar-refractivity contribution is -0.121. The van der Waals surface area contributed by atoms with Crippen LogP contribution in [0.5, 0.6) is 0 Å². The van der Waals surface area contributed by atoms with Gasteiger partial charge in [-0.05, 0) is 38.3 Å². The van der Waals surface area contributed by atoms with E-state index in [1.54, 1.807) is 0 Å². The Hall–Kier alpha value is -0.610. The Kier molecular flexibility index (Phi) is 9.52. The lowest BCUT2D eigenvalue weighted by Crippen LogP contribution is -2.26. The highest BCUT2D eigenvalue weighted by molar-refractivity contribution is 5.75. The summed E-state index contributed by atoms with van der Waals surface area (Å²) in [5, 5.41) is 2.85. The maximum absolute atomic E-state index is 11.4. The minimum absolute atomic E-state index is 0.138. The fraction of sp³-hybridized carbons (Fsp3) is 0.909. The molecule has 0 aromatic carbocycles. The maximum atomic E-state index is 11.4. The Morgan fingerprint density at radius 1 is 1.27 bits per heavy atom. The third-order valence-electron chi connectivity index (χ3n) is 2.63. The first-order valence-electron chi connectivity index (χ1n) is 5.91. The van der Waals surface area contributed by atoms with E-state index in [1.165, 1.54) is 0 Å². The summed E-state index contributed by atoms with van der Waals surface area (Å²) in [6, 6.07) is 0. The van der Waals surface area contributed by atoms with Gasteiger partial charge in [0.15, 0.2) is 0 Å². The first-order valence-corrected chi connectivity index (χ1v) is 5.91. The van der Waals surface area contributed by atoms with Crippen LogP contribution >= 0.6 is 0 Å². The van der Waals surface area contributed by atoms with E-state index in [0.717, 1.165) is 25.7 Å². The minimum Gasteiger partial charge on any atom is -0.356 e. The zero-order valence-electron chi connectivity index (χ0n) is 9.80. The fourth-order valence-electron chi connectivity index (χ4n) is 1.54. The zero-order chi connectivity index (χ0) is 11.5. The second kappa shape index (κ2) is 9.93. The molecule has 0 aromatic heterocycles. The fourth-order valence-corrected chi connectivity index (χ4v) is 1.54. The molecule has 1 atom stereocenters. The van der Waals surface area contributed by atoms with Crippen LogP contribution in [-0.2, 0) is 4.79 Å². The van der Waals surface area contributed by atoms with Gasteiger partial charge in [-0.15, -0.1) is 0 Å². The summed E-state index contributed by atoms with van der Waals surface area (Å²) >= 11 is 0. The van der Waals surface area contributed by atoms with E-state index in [2.05, 4.69) is 12.2 Å². The molecule has 90 valence electrons. The number of carbonyl (C=O) groups is 1. The third-order valence-corrected chi connectivity index (χ3v) is 2.63. The second-order valence-electron chi connectivity index (χ2n) is 3.88. The number of nitrogens with one attached hydrogen (secondary N) is 1. The standard InChI is InChI=1S/C11H25N3O/c1-2-10(6-8-13)4-5-11(15)14-9-3-7-12/h10H,2-9,12-13H2,1H3,(H,14,15). The summed E-state index contributed by atoms with van der Waals surface area (Å²) in [5.41, 5.74) is 10.8. The van der Waals surface area contributed by atoms with Crippen molar-refractivity contribution < 1.29 is 4.79 Å². The lowest BCUT2D eigenvalue weighted by atomic mass is 9.96. The molecule has 0 heterocycles. The predicted molar refractivity (Wildman–Crippen MR) is 63.4 cm³/mol. The Bertz CT molecular complexity index is 162. The molecule has 15 heavy (non-hydrogen) atoms. The van der Waals surface area contributed by atoms with Gasteiger partial charge in [-0.25, -0.2) is 0 Å². The van der Waals surface area contributed by atoms with Crippen LogP contribution in [-0.4, -0.2) is 25.5 Å². The highest BCUT2D eigenvalue weighted by atomic mass is 16.1. The molecule has 0 saturated heterocycles. The maximum Gasteiger partial charge on any atom is 0.220 e. The van der Waals surface area contributed by atoms with E-state index < -0.39 is 0 Å². The van der Waals surface area contributed by atoms with Crippen LogP contribution in [0.2, 0.25) is 0 Å². The molecular formula is C11H25N3O. The highest BCUT2D eigenvalue weighted by Crippen LogP contribution is 2.13. The van der Waals surface area contributed by atoms with Crippen LogP contribution < -0.4 is 16.8 Å². The summed E-state index contributed by atoms with van der Waals surface area (Å²) in [6.45, 7) is 4.19.